The lowest BCUT2D eigenvalue weighted by Crippen LogP contribution is -2.60. The zero-order valence-corrected chi connectivity index (χ0v) is 30.7. The lowest BCUT2D eigenvalue weighted by Gasteiger charge is -2.50. The van der Waals surface area contributed by atoms with Gasteiger partial charge in [-0.1, -0.05) is 54.1 Å². The van der Waals surface area contributed by atoms with Crippen molar-refractivity contribution in [3.63, 3.8) is 0 Å². The Bertz CT molecular complexity index is 2410. The van der Waals surface area contributed by atoms with Crippen LogP contribution >= 0.6 is 23.2 Å². The summed E-state index contributed by atoms with van der Waals surface area (Å²) in [6.07, 6.45) is 0.873. The number of carbonyl (C=O) groups is 5. The van der Waals surface area contributed by atoms with Crippen LogP contribution in [0.15, 0.2) is 90.5 Å². The number of halogens is 7. The van der Waals surface area contributed by atoms with Crippen molar-refractivity contribution in [1.29, 1.82) is 0 Å². The predicted octanol–water partition coefficient (Wildman–Crippen LogP) is 6.75. The SMILES string of the molecule is O=C(c1ccccc1)c1ccc(N2C(=O)C3CC=C4C(CC5(Cl)C(=O)N(c6c(F)c(F)c(F)c(F)c6F)C(=O)C5(Cl)C4c4ccc(OCCO)cc4)C3C2=O)cc1. The molecule has 4 aromatic rings. The predicted molar refractivity (Wildman–Crippen MR) is 194 cm³/mol. The third kappa shape index (κ3) is 5.48. The second-order valence-corrected chi connectivity index (χ2v) is 15.3. The van der Waals surface area contributed by atoms with Crippen LogP contribution in [0.5, 0.6) is 5.75 Å². The van der Waals surface area contributed by atoms with Crippen molar-refractivity contribution < 1.29 is 55.8 Å². The van der Waals surface area contributed by atoms with Crippen LogP contribution < -0.4 is 14.5 Å². The highest BCUT2D eigenvalue weighted by Crippen LogP contribution is 2.66. The molecule has 2 heterocycles. The maximum atomic E-state index is 15.3. The van der Waals surface area contributed by atoms with Gasteiger partial charge in [0.2, 0.25) is 17.6 Å². The normalized spacial score (nSPS) is 26.6. The van der Waals surface area contributed by atoms with Crippen molar-refractivity contribution in [1.82, 2.24) is 0 Å². The van der Waals surface area contributed by atoms with Crippen molar-refractivity contribution >= 4 is 64.0 Å². The van der Waals surface area contributed by atoms with E-state index < -0.39 is 98.2 Å². The number of fused-ring (bicyclic) bond motifs is 4. The monoisotopic (exact) mass is 824 g/mol. The van der Waals surface area contributed by atoms with E-state index in [0.717, 1.165) is 4.90 Å². The number of allylic oxidation sites excluding steroid dienone is 2. The highest BCUT2D eigenvalue weighted by atomic mass is 35.5. The van der Waals surface area contributed by atoms with Crippen molar-refractivity contribution in [2.75, 3.05) is 23.0 Å². The number of rotatable bonds is 8. The summed E-state index contributed by atoms with van der Waals surface area (Å²) in [6, 6.07) is 20.0. The van der Waals surface area contributed by atoms with E-state index in [1.165, 1.54) is 48.5 Å². The van der Waals surface area contributed by atoms with E-state index in [-0.39, 0.29) is 52.9 Å². The van der Waals surface area contributed by atoms with Crippen molar-refractivity contribution in [2.24, 2.45) is 17.8 Å². The maximum Gasteiger partial charge on any atom is 0.258 e. The third-order valence-electron chi connectivity index (χ3n) is 11.2. The molecule has 4 aliphatic rings. The van der Waals surface area contributed by atoms with Gasteiger partial charge in [0.15, 0.2) is 38.8 Å². The summed E-state index contributed by atoms with van der Waals surface area (Å²) in [5.41, 5.74) is -0.546. The highest BCUT2D eigenvalue weighted by Gasteiger charge is 2.77. The molecule has 4 aromatic carbocycles. The molecule has 2 saturated heterocycles. The topological polar surface area (TPSA) is 121 Å². The summed E-state index contributed by atoms with van der Waals surface area (Å²) in [5, 5.41) is 9.20. The number of nitrogens with zero attached hydrogens (tertiary/aromatic N) is 2. The number of benzene rings is 4. The van der Waals surface area contributed by atoms with Crippen LogP contribution in [-0.2, 0) is 19.2 Å². The number of ketones is 1. The van der Waals surface area contributed by atoms with Crippen LogP contribution in [0.25, 0.3) is 0 Å². The Morgan fingerprint density at radius 1 is 0.737 bits per heavy atom. The van der Waals surface area contributed by atoms with E-state index in [0.29, 0.717) is 11.1 Å². The Labute approximate surface area is 330 Å². The van der Waals surface area contributed by atoms with Gasteiger partial charge in [-0.2, -0.15) is 0 Å². The van der Waals surface area contributed by atoms with E-state index >= 15 is 8.78 Å². The zero-order chi connectivity index (χ0) is 40.7. The molecule has 6 atom stereocenters. The molecule has 1 saturated carbocycles. The first kappa shape index (κ1) is 38.4. The van der Waals surface area contributed by atoms with Gasteiger partial charge in [0.25, 0.3) is 11.8 Å². The number of imide groups is 2. The number of amides is 4. The molecule has 3 fully saturated rings. The van der Waals surface area contributed by atoms with E-state index in [2.05, 4.69) is 0 Å². The Hall–Kier alpha value is -5.44. The number of ether oxygens (including phenoxy) is 1. The summed E-state index contributed by atoms with van der Waals surface area (Å²) in [5.74, 6) is -21.6. The second-order valence-electron chi connectivity index (χ2n) is 14.1. The number of aliphatic hydroxyl groups is 1. The number of aliphatic hydroxyl groups excluding tert-OH is 1. The van der Waals surface area contributed by atoms with E-state index in [4.69, 9.17) is 27.9 Å². The maximum absolute atomic E-state index is 15.3. The molecule has 0 aromatic heterocycles. The first-order valence-corrected chi connectivity index (χ1v) is 18.3. The van der Waals surface area contributed by atoms with Gasteiger partial charge in [0.05, 0.1) is 24.1 Å². The average Bonchev–Trinajstić information content (AvgIpc) is 3.56. The number of hydrogen-bond donors (Lipinski definition) is 1. The molecule has 0 radical (unpaired) electrons. The molecule has 8 rings (SSSR count). The molecule has 16 heteroatoms. The van der Waals surface area contributed by atoms with Crippen LogP contribution in [-0.4, -0.2) is 57.5 Å². The Morgan fingerprint density at radius 3 is 1.95 bits per heavy atom. The molecular formula is C41H27Cl2F5N2O7. The summed E-state index contributed by atoms with van der Waals surface area (Å²) in [7, 11) is 0. The molecule has 2 aliphatic heterocycles. The van der Waals surface area contributed by atoms with E-state index in [9.17, 15) is 42.3 Å². The lowest BCUT2D eigenvalue weighted by atomic mass is 9.56. The fraction of sp³-hybridized carbons (Fsp3) is 0.244. The fourth-order valence-corrected chi connectivity index (χ4v) is 9.57. The minimum atomic E-state index is -2.68. The first-order chi connectivity index (χ1) is 27.2. The standard InChI is InChI=1S/C41H27Cl2F5N2O7/c42-40-18-26-24(14-15-25-27(26)37(54)49(36(25)53)22-10-6-21(7-11-22)35(52)20-4-2-1-3-5-20)28(19-8-12-23(13-9-19)57-17-16-51)41(40,43)39(56)50(38(40)55)34-32(47)30(45)29(44)31(46)33(34)48/h1-14,25-28,51H,15-18H2. The second kappa shape index (κ2) is 13.9. The number of alkyl halides is 2. The van der Waals surface area contributed by atoms with Gasteiger partial charge >= 0.3 is 0 Å². The number of hydrogen-bond acceptors (Lipinski definition) is 7. The quantitative estimate of drug-likeness (QED) is 0.0397. The number of anilines is 2. The number of carbonyl (C=O) groups excluding carboxylic acids is 5. The fourth-order valence-electron chi connectivity index (χ4n) is 8.63. The van der Waals surface area contributed by atoms with Crippen LogP contribution in [0.1, 0.15) is 40.2 Å². The molecule has 2 aliphatic carbocycles. The molecule has 9 nitrogen and oxygen atoms in total. The van der Waals surface area contributed by atoms with Gasteiger partial charge in [0.1, 0.15) is 18.0 Å². The molecule has 0 bridgehead atoms. The summed E-state index contributed by atoms with van der Waals surface area (Å²) in [6.45, 7) is -0.392. The summed E-state index contributed by atoms with van der Waals surface area (Å²) in [4.78, 5) is 65.8. The van der Waals surface area contributed by atoms with Gasteiger partial charge in [-0.05, 0) is 60.7 Å². The molecule has 0 spiro atoms. The van der Waals surface area contributed by atoms with Crippen molar-refractivity contribution in [2.45, 2.75) is 28.5 Å². The van der Waals surface area contributed by atoms with E-state index in [1.54, 1.807) is 36.4 Å². The minimum Gasteiger partial charge on any atom is -0.491 e. The molecule has 1 N–H and O–H groups in total. The average molecular weight is 826 g/mol. The van der Waals surface area contributed by atoms with E-state index in [1.807, 2.05) is 0 Å². The smallest absolute Gasteiger partial charge is 0.258 e. The van der Waals surface area contributed by atoms with Crippen LogP contribution in [0.3, 0.4) is 0 Å². The van der Waals surface area contributed by atoms with Crippen LogP contribution in [0.4, 0.5) is 33.3 Å². The van der Waals surface area contributed by atoms with Crippen molar-refractivity contribution in [3.05, 3.63) is 136 Å². The lowest BCUT2D eigenvalue weighted by molar-refractivity contribution is -0.125. The molecule has 6 unspecified atom stereocenters. The molecular weight excluding hydrogens is 798 g/mol. The Morgan fingerprint density at radius 2 is 1.33 bits per heavy atom. The van der Waals surface area contributed by atoms with Gasteiger partial charge in [-0.25, -0.2) is 26.9 Å². The first-order valence-electron chi connectivity index (χ1n) is 17.6. The Kier molecular flexibility index (Phi) is 9.36. The third-order valence-corrected chi connectivity index (χ3v) is 12.6. The van der Waals surface area contributed by atoms with Gasteiger partial charge in [-0.3, -0.25) is 28.9 Å². The van der Waals surface area contributed by atoms with Crippen LogP contribution in [0.2, 0.25) is 0 Å². The van der Waals surface area contributed by atoms with Gasteiger partial charge in [0, 0.05) is 17.0 Å². The van der Waals surface area contributed by atoms with Gasteiger partial charge < -0.3 is 9.84 Å². The molecule has 57 heavy (non-hydrogen) atoms. The molecule has 292 valence electrons. The molecule has 4 amide bonds. The van der Waals surface area contributed by atoms with Gasteiger partial charge in [-0.15, -0.1) is 23.2 Å². The van der Waals surface area contributed by atoms with Crippen LogP contribution in [0, 0.1) is 46.8 Å². The minimum absolute atomic E-state index is 0.0535. The summed E-state index contributed by atoms with van der Waals surface area (Å²) < 4.78 is 79.2. The highest BCUT2D eigenvalue weighted by molar-refractivity contribution is 6.58. The zero-order valence-electron chi connectivity index (χ0n) is 29.2. The largest absolute Gasteiger partial charge is 0.491 e. The summed E-state index contributed by atoms with van der Waals surface area (Å²) >= 11 is 14.4. The van der Waals surface area contributed by atoms with Crippen molar-refractivity contribution in [3.8, 4) is 5.75 Å². The Balaban J connectivity index is 1.22.